The van der Waals surface area contributed by atoms with Crippen LogP contribution in [0.4, 0.5) is 0 Å². The summed E-state index contributed by atoms with van der Waals surface area (Å²) >= 11 is 0. The Morgan fingerprint density at radius 1 is 0.788 bits per heavy atom. The molecule has 0 radical (unpaired) electrons. The van der Waals surface area contributed by atoms with Gasteiger partial charge in [0.2, 0.25) is 25.0 Å². The van der Waals surface area contributed by atoms with Crippen molar-refractivity contribution in [2.24, 2.45) is 17.3 Å². The number of benzene rings is 1. The Morgan fingerprint density at radius 3 is 1.94 bits per heavy atom. The Labute approximate surface area is 205 Å². The highest BCUT2D eigenvalue weighted by Gasteiger charge is 2.53. The van der Waals surface area contributed by atoms with Gasteiger partial charge >= 0.3 is 0 Å². The summed E-state index contributed by atoms with van der Waals surface area (Å²) in [6.07, 6.45) is 8.55. The molecule has 0 N–H and O–H groups in total. The maximum absolute atomic E-state index is 6.63. The summed E-state index contributed by atoms with van der Waals surface area (Å²) in [7, 11) is -5.06. The van der Waals surface area contributed by atoms with E-state index in [1.165, 1.54) is 37.0 Å². The average Bonchev–Trinajstić information content (AvgIpc) is 2.94. The molecule has 1 fully saturated rings. The molecule has 3 nitrogen and oxygen atoms in total. The van der Waals surface area contributed by atoms with Crippen LogP contribution >= 0.6 is 0 Å². The quantitative estimate of drug-likeness (QED) is 0.366. The molecule has 1 aromatic rings. The van der Waals surface area contributed by atoms with Gasteiger partial charge in [0.1, 0.15) is 11.5 Å². The fourth-order valence-electron chi connectivity index (χ4n) is 6.41. The highest BCUT2D eigenvalue weighted by Crippen LogP contribution is 2.62. The second-order valence-electron chi connectivity index (χ2n) is 13.8. The van der Waals surface area contributed by atoms with E-state index in [0.717, 1.165) is 23.8 Å². The normalized spacial score (nSPS) is 29.5. The summed E-state index contributed by atoms with van der Waals surface area (Å²) in [6.45, 7) is 23.0. The molecule has 0 amide bonds. The first kappa shape index (κ1) is 25.1. The van der Waals surface area contributed by atoms with Gasteiger partial charge in [-0.15, -0.1) is 0 Å². The fourth-order valence-corrected chi connectivity index (χ4v) is 9.03. The molecule has 3 unspecified atom stereocenters. The van der Waals surface area contributed by atoms with E-state index in [2.05, 4.69) is 84.1 Å². The van der Waals surface area contributed by atoms with Crippen molar-refractivity contribution in [2.45, 2.75) is 104 Å². The highest BCUT2D eigenvalue weighted by atomic mass is 28.4. The minimum atomic E-state index is -1.74. The van der Waals surface area contributed by atoms with Gasteiger partial charge in [-0.1, -0.05) is 6.92 Å². The van der Waals surface area contributed by atoms with Gasteiger partial charge in [0.15, 0.2) is 0 Å². The molecule has 4 atom stereocenters. The summed E-state index contributed by atoms with van der Waals surface area (Å²) in [5, 5.41) is 0. The van der Waals surface area contributed by atoms with E-state index >= 15 is 0 Å². The maximum atomic E-state index is 6.63. The molecule has 4 rings (SSSR count). The van der Waals surface area contributed by atoms with Crippen LogP contribution in [0.3, 0.4) is 0 Å². The first-order valence-electron chi connectivity index (χ1n) is 13.0. The van der Waals surface area contributed by atoms with Crippen LogP contribution in [-0.2, 0) is 10.8 Å². The van der Waals surface area contributed by atoms with Crippen LogP contribution in [0.2, 0.25) is 58.9 Å². The maximum Gasteiger partial charge on any atom is 0.242 e. The lowest BCUT2D eigenvalue weighted by Gasteiger charge is -2.50. The summed E-state index contributed by atoms with van der Waals surface area (Å²) < 4.78 is 19.8. The molecular weight excluding hydrogens is 457 g/mol. The van der Waals surface area contributed by atoms with Crippen molar-refractivity contribution in [3.05, 3.63) is 35.1 Å². The number of rotatable bonds is 6. The third-order valence-electron chi connectivity index (χ3n) is 7.55. The highest BCUT2D eigenvalue weighted by molar-refractivity contribution is 6.71. The van der Waals surface area contributed by atoms with Crippen molar-refractivity contribution in [3.8, 4) is 11.5 Å². The van der Waals surface area contributed by atoms with Crippen LogP contribution in [0.5, 0.6) is 11.5 Å². The van der Waals surface area contributed by atoms with E-state index < -0.39 is 25.0 Å². The summed E-state index contributed by atoms with van der Waals surface area (Å²) in [6, 6.07) is 4.74. The van der Waals surface area contributed by atoms with E-state index in [-0.39, 0.29) is 5.41 Å². The molecule has 184 valence electrons. The summed E-state index contributed by atoms with van der Waals surface area (Å²) in [4.78, 5) is 0. The van der Waals surface area contributed by atoms with Gasteiger partial charge in [-0.25, -0.2) is 0 Å². The average molecular weight is 503 g/mol. The third kappa shape index (κ3) is 5.32. The molecule has 1 aromatic carbocycles. The molecule has 0 heterocycles. The molecular formula is C27H46O3Si3. The van der Waals surface area contributed by atoms with Crippen molar-refractivity contribution >= 4 is 25.0 Å². The van der Waals surface area contributed by atoms with E-state index in [1.54, 1.807) is 5.56 Å². The standard InChI is InChI=1S/C27H46O3Si3/c1-27-16-15-20-21(23(27)13-14-26(27)30-33(8,9)10)12-11-19-17-24(28-31(2,3)4)25(18-22(19)20)29-32(5,6)7/h14,17-18,20-21,23H,11-13,15-16H2,1-10H3/t20?,21?,23?,27-/m0/s1. The second kappa shape index (κ2) is 8.30. The van der Waals surface area contributed by atoms with Gasteiger partial charge in [-0.2, -0.15) is 0 Å². The Hall–Kier alpha value is -0.989. The number of aryl methyl sites for hydroxylation is 1. The molecule has 0 aromatic heterocycles. The topological polar surface area (TPSA) is 27.7 Å². The molecule has 33 heavy (non-hydrogen) atoms. The van der Waals surface area contributed by atoms with E-state index in [0.29, 0.717) is 11.8 Å². The first-order valence-corrected chi connectivity index (χ1v) is 23.2. The van der Waals surface area contributed by atoms with Gasteiger partial charge in [0.05, 0.1) is 5.76 Å². The minimum Gasteiger partial charge on any atom is -0.547 e. The molecule has 3 aliphatic rings. The van der Waals surface area contributed by atoms with E-state index in [4.69, 9.17) is 13.3 Å². The lowest BCUT2D eigenvalue weighted by Crippen LogP contribution is -2.43. The Morgan fingerprint density at radius 2 is 1.36 bits per heavy atom. The molecule has 1 saturated carbocycles. The minimum absolute atomic E-state index is 0.220. The Kier molecular flexibility index (Phi) is 6.32. The van der Waals surface area contributed by atoms with Crippen LogP contribution in [0.25, 0.3) is 0 Å². The van der Waals surface area contributed by atoms with Gasteiger partial charge in [-0.3, -0.25) is 0 Å². The monoisotopic (exact) mass is 502 g/mol. The number of fused-ring (bicyclic) bond motifs is 5. The van der Waals surface area contributed by atoms with E-state index in [1.807, 2.05) is 0 Å². The lowest BCUT2D eigenvalue weighted by molar-refractivity contribution is 0.0506. The zero-order valence-corrected chi connectivity index (χ0v) is 25.7. The van der Waals surface area contributed by atoms with Crippen LogP contribution < -0.4 is 8.85 Å². The van der Waals surface area contributed by atoms with Crippen LogP contribution in [0.15, 0.2) is 24.0 Å². The number of hydrogen-bond acceptors (Lipinski definition) is 3. The zero-order valence-electron chi connectivity index (χ0n) is 22.7. The summed E-state index contributed by atoms with van der Waals surface area (Å²) in [5.74, 6) is 5.38. The number of allylic oxidation sites excluding steroid dienone is 2. The van der Waals surface area contributed by atoms with Gasteiger partial charge in [0, 0.05) is 5.41 Å². The first-order chi connectivity index (χ1) is 15.1. The van der Waals surface area contributed by atoms with Crippen LogP contribution in [-0.4, -0.2) is 25.0 Å². The SMILES string of the molecule is C[C@]12CCC3c4cc(O[Si](C)(C)C)c(O[Si](C)(C)C)cc4CCC3C1CC=C2O[Si](C)(C)C. The van der Waals surface area contributed by atoms with Crippen molar-refractivity contribution in [1.29, 1.82) is 0 Å². The van der Waals surface area contributed by atoms with Crippen molar-refractivity contribution < 1.29 is 13.3 Å². The number of hydrogen-bond donors (Lipinski definition) is 0. The molecule has 6 heteroatoms. The van der Waals surface area contributed by atoms with Crippen molar-refractivity contribution in [3.63, 3.8) is 0 Å². The Bertz CT molecular complexity index is 936. The molecule has 0 spiro atoms. The van der Waals surface area contributed by atoms with Gasteiger partial charge in [-0.05, 0) is 138 Å². The van der Waals surface area contributed by atoms with Crippen molar-refractivity contribution in [1.82, 2.24) is 0 Å². The second-order valence-corrected chi connectivity index (χ2v) is 27.1. The lowest BCUT2D eigenvalue weighted by atomic mass is 9.55. The van der Waals surface area contributed by atoms with Crippen LogP contribution in [0.1, 0.15) is 49.7 Å². The fraction of sp³-hybridized carbons (Fsp3) is 0.704. The van der Waals surface area contributed by atoms with Gasteiger partial charge < -0.3 is 13.3 Å². The van der Waals surface area contributed by atoms with Crippen molar-refractivity contribution in [2.75, 3.05) is 0 Å². The zero-order chi connectivity index (χ0) is 24.4. The molecule has 0 saturated heterocycles. The van der Waals surface area contributed by atoms with Gasteiger partial charge in [0.25, 0.3) is 0 Å². The van der Waals surface area contributed by atoms with Crippen LogP contribution in [0, 0.1) is 17.3 Å². The largest absolute Gasteiger partial charge is 0.547 e. The molecule has 3 aliphatic carbocycles. The smallest absolute Gasteiger partial charge is 0.242 e. The molecule has 0 bridgehead atoms. The predicted octanol–water partition coefficient (Wildman–Crippen LogP) is 8.32. The summed E-state index contributed by atoms with van der Waals surface area (Å²) in [5.41, 5.74) is 3.27. The Balaban J connectivity index is 1.66. The third-order valence-corrected chi connectivity index (χ3v) is 10.0. The molecule has 0 aliphatic heterocycles. The predicted molar refractivity (Wildman–Crippen MR) is 147 cm³/mol. The van der Waals surface area contributed by atoms with E-state index in [9.17, 15) is 0 Å².